The standard InChI is InChI=1S/C14H31N3/c1-14(2)16(3)10-4-5-11-17-12-6-8-15-9-7-13-17/h14-15H,4-13H2,1-3H3. The van der Waals surface area contributed by atoms with Crippen LogP contribution in [0.5, 0.6) is 0 Å². The van der Waals surface area contributed by atoms with E-state index < -0.39 is 0 Å². The van der Waals surface area contributed by atoms with Crippen LogP contribution in [0.25, 0.3) is 0 Å². The van der Waals surface area contributed by atoms with Crippen LogP contribution in [0.4, 0.5) is 0 Å². The lowest BCUT2D eigenvalue weighted by Crippen LogP contribution is -2.35. The molecule has 0 aliphatic carbocycles. The number of nitrogens with one attached hydrogen (secondary N) is 1. The summed E-state index contributed by atoms with van der Waals surface area (Å²) in [5.41, 5.74) is 0. The fraction of sp³-hybridized carbons (Fsp3) is 1.00. The van der Waals surface area contributed by atoms with E-state index in [1.807, 2.05) is 0 Å². The molecule has 0 aromatic carbocycles. The summed E-state index contributed by atoms with van der Waals surface area (Å²) in [6.07, 6.45) is 5.31. The Morgan fingerprint density at radius 2 is 1.76 bits per heavy atom. The topological polar surface area (TPSA) is 18.5 Å². The quantitative estimate of drug-likeness (QED) is 0.715. The highest BCUT2D eigenvalue weighted by Gasteiger charge is 2.07. The Kier molecular flexibility index (Phi) is 7.82. The predicted octanol–water partition coefficient (Wildman–Crippen LogP) is 1.79. The second-order valence-corrected chi connectivity index (χ2v) is 5.58. The molecule has 0 spiro atoms. The second kappa shape index (κ2) is 8.90. The second-order valence-electron chi connectivity index (χ2n) is 5.58. The molecule has 1 aliphatic rings. The van der Waals surface area contributed by atoms with Gasteiger partial charge in [0, 0.05) is 6.04 Å². The molecule has 1 aliphatic heterocycles. The molecule has 0 aromatic rings. The zero-order chi connectivity index (χ0) is 12.5. The molecule has 1 rings (SSSR count). The molecule has 102 valence electrons. The summed E-state index contributed by atoms with van der Waals surface area (Å²) < 4.78 is 0. The molecule has 1 heterocycles. The van der Waals surface area contributed by atoms with Crippen LogP contribution in [0.2, 0.25) is 0 Å². The van der Waals surface area contributed by atoms with E-state index in [2.05, 4.69) is 36.0 Å². The van der Waals surface area contributed by atoms with Crippen molar-refractivity contribution in [2.24, 2.45) is 0 Å². The van der Waals surface area contributed by atoms with Crippen molar-refractivity contribution in [3.8, 4) is 0 Å². The summed E-state index contributed by atoms with van der Waals surface area (Å²) in [5.74, 6) is 0. The van der Waals surface area contributed by atoms with Crippen LogP contribution in [-0.2, 0) is 0 Å². The van der Waals surface area contributed by atoms with Gasteiger partial charge in [0.2, 0.25) is 0 Å². The van der Waals surface area contributed by atoms with Crippen LogP contribution in [0.15, 0.2) is 0 Å². The average molecular weight is 241 g/mol. The van der Waals surface area contributed by atoms with Crippen LogP contribution in [0.1, 0.15) is 39.5 Å². The first-order valence-electron chi connectivity index (χ1n) is 7.33. The first-order valence-corrected chi connectivity index (χ1v) is 7.33. The molecule has 1 saturated heterocycles. The molecule has 0 bridgehead atoms. The minimum Gasteiger partial charge on any atom is -0.317 e. The molecular formula is C14H31N3. The van der Waals surface area contributed by atoms with Gasteiger partial charge < -0.3 is 15.1 Å². The van der Waals surface area contributed by atoms with Crippen LogP contribution in [-0.4, -0.2) is 62.2 Å². The van der Waals surface area contributed by atoms with E-state index >= 15 is 0 Å². The van der Waals surface area contributed by atoms with Crippen LogP contribution >= 0.6 is 0 Å². The van der Waals surface area contributed by atoms with E-state index in [1.165, 1.54) is 65.0 Å². The highest BCUT2D eigenvalue weighted by molar-refractivity contribution is 4.65. The lowest BCUT2D eigenvalue weighted by Gasteiger charge is -2.25. The van der Waals surface area contributed by atoms with E-state index in [1.54, 1.807) is 0 Å². The zero-order valence-corrected chi connectivity index (χ0v) is 12.0. The molecule has 0 atom stereocenters. The molecule has 1 N–H and O–H groups in total. The van der Waals surface area contributed by atoms with Gasteiger partial charge in [-0.3, -0.25) is 0 Å². The van der Waals surface area contributed by atoms with E-state index in [9.17, 15) is 0 Å². The Bertz CT molecular complexity index is 174. The van der Waals surface area contributed by atoms with Gasteiger partial charge in [0.15, 0.2) is 0 Å². The lowest BCUT2D eigenvalue weighted by atomic mass is 10.2. The maximum Gasteiger partial charge on any atom is 0.00355 e. The van der Waals surface area contributed by atoms with Gasteiger partial charge in [0.05, 0.1) is 0 Å². The SMILES string of the molecule is CC(C)N(C)CCCCN1CCCNCCC1. The summed E-state index contributed by atoms with van der Waals surface area (Å²) in [5, 5.41) is 3.47. The minimum absolute atomic E-state index is 0.683. The van der Waals surface area contributed by atoms with Crippen molar-refractivity contribution < 1.29 is 0 Å². The molecule has 3 heteroatoms. The Balaban J connectivity index is 2.04. The normalized spacial score (nSPS) is 19.6. The van der Waals surface area contributed by atoms with Crippen molar-refractivity contribution >= 4 is 0 Å². The Morgan fingerprint density at radius 1 is 1.12 bits per heavy atom. The third-order valence-electron chi connectivity index (χ3n) is 3.77. The number of nitrogens with zero attached hydrogens (tertiary/aromatic N) is 2. The van der Waals surface area contributed by atoms with Gasteiger partial charge in [-0.15, -0.1) is 0 Å². The third-order valence-corrected chi connectivity index (χ3v) is 3.77. The largest absolute Gasteiger partial charge is 0.317 e. The van der Waals surface area contributed by atoms with E-state index in [4.69, 9.17) is 0 Å². The fourth-order valence-electron chi connectivity index (χ4n) is 2.27. The number of rotatable bonds is 6. The smallest absolute Gasteiger partial charge is 0.00355 e. The summed E-state index contributed by atoms with van der Waals surface area (Å²) in [4.78, 5) is 5.09. The van der Waals surface area contributed by atoms with Crippen molar-refractivity contribution in [2.75, 3.05) is 46.3 Å². The van der Waals surface area contributed by atoms with Crippen LogP contribution in [0.3, 0.4) is 0 Å². The highest BCUT2D eigenvalue weighted by atomic mass is 15.1. The van der Waals surface area contributed by atoms with Gasteiger partial charge in [-0.2, -0.15) is 0 Å². The molecule has 0 amide bonds. The van der Waals surface area contributed by atoms with E-state index in [0.717, 1.165) is 0 Å². The van der Waals surface area contributed by atoms with Crippen molar-refractivity contribution in [1.29, 1.82) is 0 Å². The van der Waals surface area contributed by atoms with Crippen molar-refractivity contribution in [3.63, 3.8) is 0 Å². The predicted molar refractivity (Wildman–Crippen MR) is 75.5 cm³/mol. The molecule has 0 saturated carbocycles. The number of hydrogen-bond acceptors (Lipinski definition) is 3. The van der Waals surface area contributed by atoms with Crippen molar-refractivity contribution in [2.45, 2.75) is 45.6 Å². The highest BCUT2D eigenvalue weighted by Crippen LogP contribution is 2.03. The summed E-state index contributed by atoms with van der Waals surface area (Å²) in [6, 6.07) is 0.683. The summed E-state index contributed by atoms with van der Waals surface area (Å²) in [7, 11) is 2.23. The van der Waals surface area contributed by atoms with Crippen molar-refractivity contribution in [1.82, 2.24) is 15.1 Å². The van der Waals surface area contributed by atoms with E-state index in [-0.39, 0.29) is 0 Å². The first-order chi connectivity index (χ1) is 8.20. The molecule has 3 nitrogen and oxygen atoms in total. The molecule has 0 aromatic heterocycles. The molecule has 0 unspecified atom stereocenters. The van der Waals surface area contributed by atoms with Gasteiger partial charge in [-0.1, -0.05) is 0 Å². The number of unbranched alkanes of at least 4 members (excludes halogenated alkanes) is 1. The molecule has 17 heavy (non-hydrogen) atoms. The van der Waals surface area contributed by atoms with Gasteiger partial charge in [0.1, 0.15) is 0 Å². The van der Waals surface area contributed by atoms with Gasteiger partial charge in [-0.05, 0) is 85.8 Å². The minimum atomic E-state index is 0.683. The Morgan fingerprint density at radius 3 is 2.35 bits per heavy atom. The molecule has 1 fully saturated rings. The molecular weight excluding hydrogens is 210 g/mol. The summed E-state index contributed by atoms with van der Waals surface area (Å²) in [6.45, 7) is 12.1. The lowest BCUT2D eigenvalue weighted by molar-refractivity contribution is 0.230. The van der Waals surface area contributed by atoms with Gasteiger partial charge in [-0.25, -0.2) is 0 Å². The van der Waals surface area contributed by atoms with Crippen LogP contribution in [0, 0.1) is 0 Å². The average Bonchev–Trinajstić information content (AvgIpc) is 2.25. The third kappa shape index (κ3) is 7.02. The Hall–Kier alpha value is -0.120. The van der Waals surface area contributed by atoms with Crippen LogP contribution < -0.4 is 5.32 Å². The Labute approximate surface area is 108 Å². The van der Waals surface area contributed by atoms with Crippen molar-refractivity contribution in [3.05, 3.63) is 0 Å². The summed E-state index contributed by atoms with van der Waals surface area (Å²) >= 11 is 0. The fourth-order valence-corrected chi connectivity index (χ4v) is 2.27. The molecule has 0 radical (unpaired) electrons. The number of hydrogen-bond donors (Lipinski definition) is 1. The van der Waals surface area contributed by atoms with Gasteiger partial charge in [0.25, 0.3) is 0 Å². The first kappa shape index (κ1) is 14.9. The van der Waals surface area contributed by atoms with E-state index in [0.29, 0.717) is 6.04 Å². The maximum atomic E-state index is 3.47. The monoisotopic (exact) mass is 241 g/mol. The zero-order valence-electron chi connectivity index (χ0n) is 12.0. The maximum absolute atomic E-state index is 3.47. The van der Waals surface area contributed by atoms with Gasteiger partial charge >= 0.3 is 0 Å².